The molecule has 0 saturated carbocycles. The van der Waals surface area contributed by atoms with Gasteiger partial charge in [0.15, 0.2) is 0 Å². The van der Waals surface area contributed by atoms with Crippen molar-refractivity contribution in [3.05, 3.63) is 35.4 Å². The van der Waals surface area contributed by atoms with Crippen LogP contribution in [0.5, 0.6) is 0 Å². The van der Waals surface area contributed by atoms with Gasteiger partial charge in [-0.05, 0) is 38.1 Å². The van der Waals surface area contributed by atoms with Crippen molar-refractivity contribution >= 4 is 0 Å². The van der Waals surface area contributed by atoms with Gasteiger partial charge in [-0.1, -0.05) is 24.0 Å². The van der Waals surface area contributed by atoms with Crippen molar-refractivity contribution in [2.75, 3.05) is 20.2 Å². The number of aliphatic hydroxyl groups excluding tert-OH is 2. The van der Waals surface area contributed by atoms with E-state index in [9.17, 15) is 5.11 Å². The molecule has 3 nitrogen and oxygen atoms in total. The second-order valence-corrected chi connectivity index (χ2v) is 4.54. The first-order valence-corrected chi connectivity index (χ1v) is 6.17. The molecule has 3 heteroatoms. The Morgan fingerprint density at radius 2 is 2.17 bits per heavy atom. The maximum atomic E-state index is 9.24. The van der Waals surface area contributed by atoms with Crippen molar-refractivity contribution in [3.63, 3.8) is 0 Å². The summed E-state index contributed by atoms with van der Waals surface area (Å²) in [5.41, 5.74) is 2.11. The van der Waals surface area contributed by atoms with Crippen LogP contribution in [0.1, 0.15) is 24.5 Å². The lowest BCUT2D eigenvalue weighted by Gasteiger charge is -2.17. The number of benzene rings is 1. The molecule has 0 heterocycles. The third-order valence-corrected chi connectivity index (χ3v) is 2.62. The molecule has 1 unspecified atom stereocenters. The van der Waals surface area contributed by atoms with E-state index >= 15 is 0 Å². The molecule has 0 radical (unpaired) electrons. The Morgan fingerprint density at radius 3 is 2.83 bits per heavy atom. The van der Waals surface area contributed by atoms with Crippen LogP contribution in [0.25, 0.3) is 0 Å². The fourth-order valence-electron chi connectivity index (χ4n) is 1.69. The van der Waals surface area contributed by atoms with Gasteiger partial charge in [-0.3, -0.25) is 0 Å². The average Bonchev–Trinajstić information content (AvgIpc) is 2.34. The molecule has 0 saturated heterocycles. The SMILES string of the molecule is CC(O)CCN(C)Cc1cccc(C#CCO)c1. The Hall–Kier alpha value is -1.34. The van der Waals surface area contributed by atoms with E-state index in [4.69, 9.17) is 5.11 Å². The number of hydrogen-bond donors (Lipinski definition) is 2. The highest BCUT2D eigenvalue weighted by Gasteiger charge is 2.03. The molecule has 0 aliphatic heterocycles. The smallest absolute Gasteiger partial charge is 0.104 e. The molecule has 1 rings (SSSR count). The van der Waals surface area contributed by atoms with Gasteiger partial charge in [-0.15, -0.1) is 0 Å². The van der Waals surface area contributed by atoms with Gasteiger partial charge in [0.1, 0.15) is 6.61 Å². The Kier molecular flexibility index (Phi) is 6.45. The third kappa shape index (κ3) is 5.83. The van der Waals surface area contributed by atoms with Gasteiger partial charge in [0.05, 0.1) is 6.10 Å². The van der Waals surface area contributed by atoms with E-state index < -0.39 is 0 Å². The molecule has 0 aliphatic rings. The van der Waals surface area contributed by atoms with Gasteiger partial charge >= 0.3 is 0 Å². The van der Waals surface area contributed by atoms with Crippen molar-refractivity contribution in [1.29, 1.82) is 0 Å². The summed E-state index contributed by atoms with van der Waals surface area (Å²) in [7, 11) is 2.04. The van der Waals surface area contributed by atoms with Gasteiger partial charge in [0.2, 0.25) is 0 Å². The van der Waals surface area contributed by atoms with E-state index in [1.54, 1.807) is 6.92 Å². The van der Waals surface area contributed by atoms with Crippen LogP contribution in [0.4, 0.5) is 0 Å². The summed E-state index contributed by atoms with van der Waals surface area (Å²) in [5.74, 6) is 5.54. The molecule has 0 bridgehead atoms. The van der Waals surface area contributed by atoms with Gasteiger partial charge < -0.3 is 15.1 Å². The van der Waals surface area contributed by atoms with Crippen LogP contribution in [-0.2, 0) is 6.54 Å². The zero-order chi connectivity index (χ0) is 13.4. The topological polar surface area (TPSA) is 43.7 Å². The standard InChI is InChI=1S/C15H21NO2/c1-13(18)8-9-16(2)12-15-6-3-5-14(11-15)7-4-10-17/h3,5-6,11,13,17-18H,8-10,12H2,1-2H3. The number of rotatable bonds is 5. The highest BCUT2D eigenvalue weighted by molar-refractivity contribution is 5.37. The summed E-state index contributed by atoms with van der Waals surface area (Å²) in [6.45, 7) is 3.39. The molecule has 0 amide bonds. The average molecular weight is 247 g/mol. The lowest BCUT2D eigenvalue weighted by Crippen LogP contribution is -2.22. The van der Waals surface area contributed by atoms with Crippen LogP contribution in [0.15, 0.2) is 24.3 Å². The van der Waals surface area contributed by atoms with Crippen LogP contribution in [0.3, 0.4) is 0 Å². The van der Waals surface area contributed by atoms with Crippen molar-refractivity contribution in [1.82, 2.24) is 4.90 Å². The number of nitrogens with zero attached hydrogens (tertiary/aromatic N) is 1. The zero-order valence-electron chi connectivity index (χ0n) is 11.1. The third-order valence-electron chi connectivity index (χ3n) is 2.62. The molecular weight excluding hydrogens is 226 g/mol. The Labute approximate surface area is 109 Å². The van der Waals surface area contributed by atoms with Gasteiger partial charge in [0.25, 0.3) is 0 Å². The summed E-state index contributed by atoms with van der Waals surface area (Å²) in [6.07, 6.45) is 0.523. The summed E-state index contributed by atoms with van der Waals surface area (Å²) in [6, 6.07) is 7.99. The molecule has 2 N–H and O–H groups in total. The van der Waals surface area contributed by atoms with Gasteiger partial charge in [0, 0.05) is 18.7 Å². The Morgan fingerprint density at radius 1 is 1.39 bits per heavy atom. The van der Waals surface area contributed by atoms with Crippen LogP contribution in [0, 0.1) is 11.8 Å². The van der Waals surface area contributed by atoms with E-state index in [2.05, 4.69) is 22.8 Å². The van der Waals surface area contributed by atoms with Gasteiger partial charge in [-0.2, -0.15) is 0 Å². The predicted octanol–water partition coefficient (Wildman–Crippen LogP) is 1.23. The fourth-order valence-corrected chi connectivity index (χ4v) is 1.69. The zero-order valence-corrected chi connectivity index (χ0v) is 11.1. The second kappa shape index (κ2) is 7.88. The molecule has 1 atom stereocenters. The van der Waals surface area contributed by atoms with E-state index in [0.29, 0.717) is 0 Å². The molecule has 0 fully saturated rings. The maximum absolute atomic E-state index is 9.24. The number of hydrogen-bond acceptors (Lipinski definition) is 3. The second-order valence-electron chi connectivity index (χ2n) is 4.54. The Balaban J connectivity index is 2.56. The first-order valence-electron chi connectivity index (χ1n) is 6.17. The molecule has 1 aromatic rings. The molecule has 0 spiro atoms. The maximum Gasteiger partial charge on any atom is 0.104 e. The molecule has 98 valence electrons. The first kappa shape index (κ1) is 14.7. The van der Waals surface area contributed by atoms with Crippen molar-refractivity contribution in [2.24, 2.45) is 0 Å². The normalized spacial score (nSPS) is 12.1. The minimum absolute atomic E-state index is 0.113. The summed E-state index contributed by atoms with van der Waals surface area (Å²) in [4.78, 5) is 2.17. The molecular formula is C15H21NO2. The number of aliphatic hydroxyl groups is 2. The summed E-state index contributed by atoms with van der Waals surface area (Å²) < 4.78 is 0. The van der Waals surface area contributed by atoms with Crippen molar-refractivity contribution in [2.45, 2.75) is 26.0 Å². The fraction of sp³-hybridized carbons (Fsp3) is 0.467. The van der Waals surface area contributed by atoms with Crippen LogP contribution < -0.4 is 0 Å². The van der Waals surface area contributed by atoms with E-state index in [-0.39, 0.29) is 12.7 Å². The highest BCUT2D eigenvalue weighted by Crippen LogP contribution is 2.07. The summed E-state index contributed by atoms with van der Waals surface area (Å²) in [5, 5.41) is 17.9. The molecule has 18 heavy (non-hydrogen) atoms. The first-order chi connectivity index (χ1) is 8.61. The molecule has 0 aliphatic carbocycles. The largest absolute Gasteiger partial charge is 0.393 e. The summed E-state index contributed by atoms with van der Waals surface area (Å²) >= 11 is 0. The van der Waals surface area contributed by atoms with Gasteiger partial charge in [-0.25, -0.2) is 0 Å². The van der Waals surface area contributed by atoms with Crippen molar-refractivity contribution in [3.8, 4) is 11.8 Å². The minimum Gasteiger partial charge on any atom is -0.393 e. The molecule has 0 aromatic heterocycles. The van der Waals surface area contributed by atoms with Crippen LogP contribution >= 0.6 is 0 Å². The highest BCUT2D eigenvalue weighted by atomic mass is 16.3. The quantitative estimate of drug-likeness (QED) is 0.769. The Bertz CT molecular complexity index is 418. The molecule has 1 aromatic carbocycles. The van der Waals surface area contributed by atoms with Crippen molar-refractivity contribution < 1.29 is 10.2 Å². The van der Waals surface area contributed by atoms with E-state index in [1.807, 2.05) is 25.2 Å². The van der Waals surface area contributed by atoms with Crippen LogP contribution in [-0.4, -0.2) is 41.4 Å². The van der Waals surface area contributed by atoms with E-state index in [0.717, 1.165) is 25.1 Å². The lowest BCUT2D eigenvalue weighted by atomic mass is 10.1. The van der Waals surface area contributed by atoms with E-state index in [1.165, 1.54) is 5.56 Å². The van der Waals surface area contributed by atoms with Crippen LogP contribution in [0.2, 0.25) is 0 Å². The predicted molar refractivity (Wildman–Crippen MR) is 73.0 cm³/mol. The monoisotopic (exact) mass is 247 g/mol. The minimum atomic E-state index is -0.255. The lowest BCUT2D eigenvalue weighted by molar-refractivity contribution is 0.163.